The summed E-state index contributed by atoms with van der Waals surface area (Å²) in [5, 5.41) is 1.44. The van der Waals surface area contributed by atoms with Crippen molar-refractivity contribution in [2.45, 2.75) is 4.90 Å². The van der Waals surface area contributed by atoms with Crippen molar-refractivity contribution in [3.63, 3.8) is 0 Å². The lowest BCUT2D eigenvalue weighted by molar-refractivity contribution is 0.602. The Balaban J connectivity index is 2.11. The molecule has 0 aliphatic rings. The summed E-state index contributed by atoms with van der Waals surface area (Å²) in [7, 11) is -3.83. The molecule has 0 unspecified atom stereocenters. The second-order valence-corrected chi connectivity index (χ2v) is 7.20. The lowest BCUT2D eigenvalue weighted by atomic mass is 10.2. The van der Waals surface area contributed by atoms with E-state index in [1.165, 1.54) is 18.5 Å². The Kier molecular flexibility index (Phi) is 3.98. The third-order valence-corrected chi connectivity index (χ3v) is 5.04. The molecule has 0 radical (unpaired) electrons. The number of anilines is 1. The number of pyridine rings is 1. The van der Waals surface area contributed by atoms with Crippen molar-refractivity contribution < 1.29 is 8.42 Å². The molecule has 0 fully saturated rings. The summed E-state index contributed by atoms with van der Waals surface area (Å²) in [6, 6.07) is 4.95. The van der Waals surface area contributed by atoms with Crippen LogP contribution in [0.5, 0.6) is 0 Å². The van der Waals surface area contributed by atoms with Gasteiger partial charge in [-0.1, -0.05) is 23.7 Å². The quantitative estimate of drug-likeness (QED) is 0.731. The topological polar surface area (TPSA) is 84.8 Å². The summed E-state index contributed by atoms with van der Waals surface area (Å²) in [4.78, 5) is 11.8. The van der Waals surface area contributed by atoms with Gasteiger partial charge in [0.1, 0.15) is 5.15 Å². The van der Waals surface area contributed by atoms with Gasteiger partial charge in [-0.3, -0.25) is 9.71 Å². The highest BCUT2D eigenvalue weighted by Gasteiger charge is 2.19. The van der Waals surface area contributed by atoms with E-state index in [0.29, 0.717) is 15.2 Å². The molecule has 1 aromatic carbocycles. The molecule has 2 heterocycles. The first kappa shape index (κ1) is 15.1. The molecule has 6 nitrogen and oxygen atoms in total. The molecular weight excluding hydrogens is 392 g/mol. The Morgan fingerprint density at radius 3 is 2.64 bits per heavy atom. The van der Waals surface area contributed by atoms with E-state index in [1.807, 2.05) is 0 Å². The Labute approximate surface area is 139 Å². The third-order valence-electron chi connectivity index (χ3n) is 2.85. The molecule has 0 atom stereocenters. The minimum absolute atomic E-state index is 0.0894. The zero-order valence-electron chi connectivity index (χ0n) is 10.9. The standard InChI is InChI=1S/C13H8BrClN4O2S/c14-9-5-16-4-8-2-1-3-10(13(8)9)22(20,21)19-12-7-17-11(15)6-18-12/h1-7H,(H,18,19). The summed E-state index contributed by atoms with van der Waals surface area (Å²) in [6.07, 6.45) is 5.66. The number of nitrogens with zero attached hydrogens (tertiary/aromatic N) is 3. The Morgan fingerprint density at radius 1 is 1.09 bits per heavy atom. The first-order chi connectivity index (χ1) is 10.5. The van der Waals surface area contributed by atoms with Crippen LogP contribution in [0.4, 0.5) is 5.82 Å². The van der Waals surface area contributed by atoms with Crippen molar-refractivity contribution in [1.82, 2.24) is 15.0 Å². The largest absolute Gasteiger partial charge is 0.263 e. The van der Waals surface area contributed by atoms with Gasteiger partial charge in [0, 0.05) is 27.6 Å². The molecule has 3 aromatic rings. The first-order valence-corrected chi connectivity index (χ1v) is 8.65. The second-order valence-electron chi connectivity index (χ2n) is 4.31. The van der Waals surface area contributed by atoms with Crippen molar-refractivity contribution in [3.8, 4) is 0 Å². The van der Waals surface area contributed by atoms with E-state index in [9.17, 15) is 8.42 Å². The molecule has 0 amide bonds. The fraction of sp³-hybridized carbons (Fsp3) is 0. The zero-order chi connectivity index (χ0) is 15.7. The third kappa shape index (κ3) is 2.90. The highest BCUT2D eigenvalue weighted by Crippen LogP contribution is 2.30. The normalized spacial score (nSPS) is 11.5. The van der Waals surface area contributed by atoms with Gasteiger partial charge in [-0.15, -0.1) is 0 Å². The minimum Gasteiger partial charge on any atom is -0.263 e. The van der Waals surface area contributed by atoms with Crippen LogP contribution in [0.3, 0.4) is 0 Å². The van der Waals surface area contributed by atoms with Crippen LogP contribution < -0.4 is 4.72 Å². The van der Waals surface area contributed by atoms with Crippen molar-refractivity contribution in [2.24, 2.45) is 0 Å². The summed E-state index contributed by atoms with van der Waals surface area (Å²) in [6.45, 7) is 0. The summed E-state index contributed by atoms with van der Waals surface area (Å²) < 4.78 is 28.2. The van der Waals surface area contributed by atoms with Crippen LogP contribution in [0.25, 0.3) is 10.8 Å². The van der Waals surface area contributed by atoms with Gasteiger partial charge >= 0.3 is 0 Å². The van der Waals surface area contributed by atoms with Crippen LogP contribution in [0.2, 0.25) is 5.15 Å². The molecule has 0 aliphatic carbocycles. The van der Waals surface area contributed by atoms with Gasteiger partial charge in [0.05, 0.1) is 17.3 Å². The molecule has 9 heteroatoms. The fourth-order valence-electron chi connectivity index (χ4n) is 1.94. The molecule has 0 aliphatic heterocycles. The van der Waals surface area contributed by atoms with Crippen LogP contribution >= 0.6 is 27.5 Å². The predicted molar refractivity (Wildman–Crippen MR) is 87.3 cm³/mol. The van der Waals surface area contributed by atoms with Crippen LogP contribution in [0.1, 0.15) is 0 Å². The molecular formula is C13H8BrClN4O2S. The monoisotopic (exact) mass is 398 g/mol. The number of benzene rings is 1. The number of aromatic nitrogens is 3. The number of nitrogens with one attached hydrogen (secondary N) is 1. The molecule has 0 saturated carbocycles. The smallest absolute Gasteiger partial charge is 0.263 e. The summed E-state index contributed by atoms with van der Waals surface area (Å²) in [5.41, 5.74) is 0. The van der Waals surface area contributed by atoms with Crippen molar-refractivity contribution in [3.05, 3.63) is 52.6 Å². The highest BCUT2D eigenvalue weighted by molar-refractivity contribution is 9.10. The second kappa shape index (κ2) is 5.79. The number of sulfonamides is 1. The first-order valence-electron chi connectivity index (χ1n) is 6.00. The van der Waals surface area contributed by atoms with Crippen LogP contribution in [-0.2, 0) is 10.0 Å². The molecule has 0 bridgehead atoms. The van der Waals surface area contributed by atoms with E-state index in [4.69, 9.17) is 11.6 Å². The SMILES string of the molecule is O=S(=O)(Nc1cnc(Cl)cn1)c1cccc2cncc(Br)c12. The molecule has 0 spiro atoms. The lowest BCUT2D eigenvalue weighted by Crippen LogP contribution is -2.14. The van der Waals surface area contributed by atoms with E-state index in [-0.39, 0.29) is 15.9 Å². The average molecular weight is 400 g/mol. The van der Waals surface area contributed by atoms with Crippen molar-refractivity contribution in [2.75, 3.05) is 4.72 Å². The van der Waals surface area contributed by atoms with Crippen LogP contribution in [-0.4, -0.2) is 23.4 Å². The Morgan fingerprint density at radius 2 is 1.91 bits per heavy atom. The van der Waals surface area contributed by atoms with Gasteiger partial charge in [0.15, 0.2) is 5.82 Å². The number of fused-ring (bicyclic) bond motifs is 1. The maximum absolute atomic E-state index is 12.6. The number of hydrogen-bond acceptors (Lipinski definition) is 5. The molecule has 0 saturated heterocycles. The van der Waals surface area contributed by atoms with Gasteiger partial charge in [-0.25, -0.2) is 18.4 Å². The Hall–Kier alpha value is -1.77. The van der Waals surface area contributed by atoms with E-state index in [2.05, 4.69) is 35.6 Å². The van der Waals surface area contributed by atoms with E-state index >= 15 is 0 Å². The number of halogens is 2. The summed E-state index contributed by atoms with van der Waals surface area (Å²) in [5.74, 6) is 0.0894. The predicted octanol–water partition coefficient (Wildman–Crippen LogP) is 3.24. The number of rotatable bonds is 3. The van der Waals surface area contributed by atoms with Gasteiger partial charge in [0.25, 0.3) is 10.0 Å². The number of hydrogen-bond donors (Lipinski definition) is 1. The fourth-order valence-corrected chi connectivity index (χ4v) is 3.97. The molecule has 1 N–H and O–H groups in total. The van der Waals surface area contributed by atoms with Gasteiger partial charge in [0.2, 0.25) is 0 Å². The van der Waals surface area contributed by atoms with Gasteiger partial charge in [-0.2, -0.15) is 0 Å². The maximum atomic E-state index is 12.6. The maximum Gasteiger partial charge on any atom is 0.263 e. The van der Waals surface area contributed by atoms with Crippen molar-refractivity contribution in [1.29, 1.82) is 0 Å². The zero-order valence-corrected chi connectivity index (χ0v) is 14.0. The summed E-state index contributed by atoms with van der Waals surface area (Å²) >= 11 is 8.97. The van der Waals surface area contributed by atoms with Crippen LogP contribution in [0.15, 0.2) is 52.4 Å². The molecule has 2 aromatic heterocycles. The molecule has 3 rings (SSSR count). The molecule has 112 valence electrons. The van der Waals surface area contributed by atoms with Gasteiger partial charge < -0.3 is 0 Å². The van der Waals surface area contributed by atoms with Crippen molar-refractivity contribution >= 4 is 54.1 Å². The highest BCUT2D eigenvalue weighted by atomic mass is 79.9. The van der Waals surface area contributed by atoms with Gasteiger partial charge in [-0.05, 0) is 22.0 Å². The average Bonchev–Trinajstić information content (AvgIpc) is 2.49. The lowest BCUT2D eigenvalue weighted by Gasteiger charge is -2.10. The van der Waals surface area contributed by atoms with E-state index in [1.54, 1.807) is 24.5 Å². The Bertz CT molecular complexity index is 943. The van der Waals surface area contributed by atoms with Crippen LogP contribution in [0, 0.1) is 0 Å². The minimum atomic E-state index is -3.83. The molecule has 22 heavy (non-hydrogen) atoms. The van der Waals surface area contributed by atoms with E-state index in [0.717, 1.165) is 0 Å². The van der Waals surface area contributed by atoms with E-state index < -0.39 is 10.0 Å².